The molecular formula is C15H12F2O2. The van der Waals surface area contributed by atoms with Crippen molar-refractivity contribution in [3.63, 3.8) is 0 Å². The van der Waals surface area contributed by atoms with E-state index in [0.717, 1.165) is 6.07 Å². The number of rotatable bonds is 3. The van der Waals surface area contributed by atoms with E-state index in [9.17, 15) is 13.6 Å². The Labute approximate surface area is 109 Å². The molecule has 2 rings (SSSR count). The number of ether oxygens (including phenoxy) is 1. The number of carbonyl (C=O) groups excluding carboxylic acids is 1. The van der Waals surface area contributed by atoms with Gasteiger partial charge in [0.1, 0.15) is 17.4 Å². The molecule has 19 heavy (non-hydrogen) atoms. The van der Waals surface area contributed by atoms with E-state index in [2.05, 4.69) is 0 Å². The highest BCUT2D eigenvalue weighted by Gasteiger charge is 2.08. The summed E-state index contributed by atoms with van der Waals surface area (Å²) in [6.45, 7) is 1.69. The van der Waals surface area contributed by atoms with Crippen LogP contribution < -0.4 is 4.74 Å². The molecular weight excluding hydrogens is 250 g/mol. The number of esters is 1. The third-order valence-corrected chi connectivity index (χ3v) is 2.60. The smallest absolute Gasteiger partial charge is 0.310 e. The number of benzene rings is 2. The fourth-order valence-electron chi connectivity index (χ4n) is 1.65. The van der Waals surface area contributed by atoms with Crippen LogP contribution in [0.1, 0.15) is 13.3 Å². The zero-order chi connectivity index (χ0) is 13.8. The molecule has 0 saturated heterocycles. The summed E-state index contributed by atoms with van der Waals surface area (Å²) in [5.41, 5.74) is 0.787. The Bertz CT molecular complexity index is 609. The van der Waals surface area contributed by atoms with Crippen molar-refractivity contribution in [2.75, 3.05) is 0 Å². The van der Waals surface area contributed by atoms with Crippen LogP contribution in [0.2, 0.25) is 0 Å². The van der Waals surface area contributed by atoms with E-state index in [1.807, 2.05) is 0 Å². The molecule has 2 aromatic rings. The van der Waals surface area contributed by atoms with Crippen LogP contribution >= 0.6 is 0 Å². The van der Waals surface area contributed by atoms with Crippen LogP contribution in [0.15, 0.2) is 42.5 Å². The van der Waals surface area contributed by atoms with Crippen molar-refractivity contribution >= 4 is 5.97 Å². The minimum Gasteiger partial charge on any atom is -0.427 e. The first kappa shape index (κ1) is 13.2. The van der Waals surface area contributed by atoms with Crippen molar-refractivity contribution in [3.8, 4) is 16.9 Å². The number of hydrogen-bond donors (Lipinski definition) is 0. The van der Waals surface area contributed by atoms with Crippen LogP contribution in [0, 0.1) is 11.6 Å². The van der Waals surface area contributed by atoms with Gasteiger partial charge in [0.2, 0.25) is 0 Å². The fourth-order valence-corrected chi connectivity index (χ4v) is 1.65. The molecule has 0 radical (unpaired) electrons. The van der Waals surface area contributed by atoms with E-state index in [1.165, 1.54) is 12.1 Å². The molecule has 0 heterocycles. The molecule has 0 aromatic heterocycles. The lowest BCUT2D eigenvalue weighted by Gasteiger charge is -2.07. The van der Waals surface area contributed by atoms with Crippen LogP contribution in [0.5, 0.6) is 5.75 Å². The molecule has 0 atom stereocenters. The largest absolute Gasteiger partial charge is 0.427 e. The monoisotopic (exact) mass is 262 g/mol. The topological polar surface area (TPSA) is 26.3 Å². The molecule has 0 N–H and O–H groups in total. The van der Waals surface area contributed by atoms with E-state index >= 15 is 0 Å². The Balaban J connectivity index is 2.35. The van der Waals surface area contributed by atoms with E-state index < -0.39 is 11.6 Å². The number of hydrogen-bond acceptors (Lipinski definition) is 2. The van der Waals surface area contributed by atoms with Gasteiger partial charge in [-0.15, -0.1) is 0 Å². The van der Waals surface area contributed by atoms with Crippen LogP contribution in [0.25, 0.3) is 11.1 Å². The Morgan fingerprint density at radius 1 is 1.16 bits per heavy atom. The van der Waals surface area contributed by atoms with E-state index in [4.69, 9.17) is 4.74 Å². The summed E-state index contributed by atoms with van der Waals surface area (Å²) < 4.78 is 31.6. The highest BCUT2D eigenvalue weighted by molar-refractivity contribution is 5.73. The van der Waals surface area contributed by atoms with Crippen molar-refractivity contribution < 1.29 is 18.3 Å². The molecule has 0 saturated carbocycles. The van der Waals surface area contributed by atoms with Crippen molar-refractivity contribution in [1.29, 1.82) is 0 Å². The molecule has 0 spiro atoms. The maximum atomic E-state index is 13.6. The summed E-state index contributed by atoms with van der Waals surface area (Å²) in [6.07, 6.45) is 0.259. The average Bonchev–Trinajstić information content (AvgIpc) is 2.39. The third-order valence-electron chi connectivity index (χ3n) is 2.60. The third kappa shape index (κ3) is 3.16. The van der Waals surface area contributed by atoms with Crippen molar-refractivity contribution in [1.82, 2.24) is 0 Å². The molecule has 2 nitrogen and oxygen atoms in total. The lowest BCUT2D eigenvalue weighted by molar-refractivity contribution is -0.134. The SMILES string of the molecule is CCC(=O)Oc1cccc(-c2ccc(F)cc2F)c1. The van der Waals surface area contributed by atoms with E-state index in [0.29, 0.717) is 11.3 Å². The Kier molecular flexibility index (Phi) is 3.90. The molecule has 0 aliphatic heterocycles. The normalized spacial score (nSPS) is 10.3. The van der Waals surface area contributed by atoms with Crippen molar-refractivity contribution in [2.24, 2.45) is 0 Å². The summed E-state index contributed by atoms with van der Waals surface area (Å²) in [4.78, 5) is 11.2. The van der Waals surface area contributed by atoms with Crippen molar-refractivity contribution in [3.05, 3.63) is 54.1 Å². The first-order valence-electron chi connectivity index (χ1n) is 5.86. The Morgan fingerprint density at radius 2 is 1.95 bits per heavy atom. The summed E-state index contributed by atoms with van der Waals surface area (Å²) in [6, 6.07) is 9.83. The first-order chi connectivity index (χ1) is 9.10. The summed E-state index contributed by atoms with van der Waals surface area (Å²) >= 11 is 0. The quantitative estimate of drug-likeness (QED) is 0.618. The van der Waals surface area contributed by atoms with Gasteiger partial charge in [0.15, 0.2) is 0 Å². The average molecular weight is 262 g/mol. The maximum Gasteiger partial charge on any atom is 0.310 e. The second-order valence-electron chi connectivity index (χ2n) is 3.98. The molecule has 4 heteroatoms. The van der Waals surface area contributed by atoms with Gasteiger partial charge >= 0.3 is 5.97 Å². The lowest BCUT2D eigenvalue weighted by atomic mass is 10.0. The van der Waals surface area contributed by atoms with Crippen LogP contribution in [-0.4, -0.2) is 5.97 Å². The van der Waals surface area contributed by atoms with Gasteiger partial charge < -0.3 is 4.74 Å². The highest BCUT2D eigenvalue weighted by atomic mass is 19.1. The lowest BCUT2D eigenvalue weighted by Crippen LogP contribution is -2.05. The van der Waals surface area contributed by atoms with Gasteiger partial charge in [-0.25, -0.2) is 8.78 Å². The zero-order valence-corrected chi connectivity index (χ0v) is 10.3. The fraction of sp³-hybridized carbons (Fsp3) is 0.133. The van der Waals surface area contributed by atoms with Crippen molar-refractivity contribution in [2.45, 2.75) is 13.3 Å². The molecule has 0 amide bonds. The summed E-state index contributed by atoms with van der Waals surface area (Å²) in [7, 11) is 0. The molecule has 98 valence electrons. The Hall–Kier alpha value is -2.23. The number of carbonyl (C=O) groups is 1. The Morgan fingerprint density at radius 3 is 2.63 bits per heavy atom. The molecule has 0 bridgehead atoms. The predicted molar refractivity (Wildman–Crippen MR) is 67.7 cm³/mol. The van der Waals surface area contributed by atoms with Gasteiger partial charge in [0, 0.05) is 18.1 Å². The van der Waals surface area contributed by atoms with Gasteiger partial charge in [0.05, 0.1) is 0 Å². The van der Waals surface area contributed by atoms with Gasteiger partial charge in [0.25, 0.3) is 0 Å². The summed E-state index contributed by atoms with van der Waals surface area (Å²) in [5, 5.41) is 0. The molecule has 0 unspecified atom stereocenters. The molecule has 0 fully saturated rings. The van der Waals surface area contributed by atoms with Gasteiger partial charge in [-0.1, -0.05) is 19.1 Å². The second kappa shape index (κ2) is 5.61. The minimum atomic E-state index is -0.654. The maximum absolute atomic E-state index is 13.6. The van der Waals surface area contributed by atoms with E-state index in [-0.39, 0.29) is 18.0 Å². The number of halogens is 2. The molecule has 2 aromatic carbocycles. The minimum absolute atomic E-state index is 0.259. The van der Waals surface area contributed by atoms with Gasteiger partial charge in [-0.2, -0.15) is 0 Å². The summed E-state index contributed by atoms with van der Waals surface area (Å²) in [5.74, 6) is -1.31. The zero-order valence-electron chi connectivity index (χ0n) is 10.3. The second-order valence-corrected chi connectivity index (χ2v) is 3.98. The predicted octanol–water partition coefficient (Wildman–Crippen LogP) is 3.95. The molecule has 0 aliphatic rings. The first-order valence-corrected chi connectivity index (χ1v) is 5.86. The van der Waals surface area contributed by atoms with Gasteiger partial charge in [-0.3, -0.25) is 4.79 Å². The van der Waals surface area contributed by atoms with Crippen LogP contribution in [0.4, 0.5) is 8.78 Å². The van der Waals surface area contributed by atoms with Gasteiger partial charge in [-0.05, 0) is 29.8 Å². The molecule has 0 aliphatic carbocycles. The van der Waals surface area contributed by atoms with Crippen LogP contribution in [0.3, 0.4) is 0 Å². The highest BCUT2D eigenvalue weighted by Crippen LogP contribution is 2.26. The van der Waals surface area contributed by atoms with Crippen LogP contribution in [-0.2, 0) is 4.79 Å². The standard InChI is InChI=1S/C15H12F2O2/c1-2-15(18)19-12-5-3-4-10(8-12)13-7-6-11(16)9-14(13)17/h3-9H,2H2,1H3. The van der Waals surface area contributed by atoms with E-state index in [1.54, 1.807) is 31.2 Å².